The zero-order valence-electron chi connectivity index (χ0n) is 15.7. The van der Waals surface area contributed by atoms with Crippen LogP contribution in [0, 0.1) is 0 Å². The lowest BCUT2D eigenvalue weighted by molar-refractivity contribution is 0.0785. The second-order valence-electron chi connectivity index (χ2n) is 6.43. The predicted octanol–water partition coefficient (Wildman–Crippen LogP) is 4.36. The molecule has 4 rings (SSSR count). The summed E-state index contributed by atoms with van der Waals surface area (Å²) in [6, 6.07) is 11.5. The maximum atomic E-state index is 13.0. The number of carbonyl (C=O) groups excluding carboxylic acids is 1. The number of amides is 1. The molecule has 28 heavy (non-hydrogen) atoms. The molecule has 0 radical (unpaired) electrons. The summed E-state index contributed by atoms with van der Waals surface area (Å²) in [6.07, 6.45) is 1.78. The second-order valence-corrected chi connectivity index (χ2v) is 7.15. The molecule has 0 saturated carbocycles. The smallest absolute Gasteiger partial charge is 0.254 e. The highest BCUT2D eigenvalue weighted by Gasteiger charge is 2.17. The summed E-state index contributed by atoms with van der Waals surface area (Å²) >= 11 is 1.53. The van der Waals surface area contributed by atoms with Gasteiger partial charge < -0.3 is 9.64 Å². The first kappa shape index (κ1) is 18.2. The zero-order chi connectivity index (χ0) is 19.5. The second kappa shape index (κ2) is 7.82. The molecular formula is C21H20N4O2S. The lowest BCUT2D eigenvalue weighted by Crippen LogP contribution is -2.26. The van der Waals surface area contributed by atoms with Crippen molar-refractivity contribution in [2.45, 2.75) is 13.5 Å². The number of thiazole rings is 1. The lowest BCUT2D eigenvalue weighted by Gasteiger charge is -2.19. The molecule has 0 unspecified atom stereocenters. The number of H-pyrrole nitrogens is 1. The quantitative estimate of drug-likeness (QED) is 0.529. The average molecular weight is 392 g/mol. The molecule has 0 saturated heterocycles. The Balaban J connectivity index is 1.60. The number of para-hydroxylation sites is 1. The predicted molar refractivity (Wildman–Crippen MR) is 111 cm³/mol. The molecule has 2 heterocycles. The standard InChI is InChI=1S/C21H20N4O2S/c1-3-27-19-9-14(7-8-17(19)18-12-28-13-22-18)21(26)25(2)11-16-6-4-5-15-10-23-24-20(15)16/h4-10,12-13H,3,11H2,1-2H3,(H,23,24). The van der Waals surface area contributed by atoms with E-state index in [4.69, 9.17) is 4.74 Å². The number of hydrogen-bond donors (Lipinski definition) is 1. The van der Waals surface area contributed by atoms with Gasteiger partial charge in [0.25, 0.3) is 5.91 Å². The fourth-order valence-corrected chi connectivity index (χ4v) is 3.75. The monoisotopic (exact) mass is 392 g/mol. The minimum Gasteiger partial charge on any atom is -0.493 e. The minimum absolute atomic E-state index is 0.0673. The van der Waals surface area contributed by atoms with Gasteiger partial charge >= 0.3 is 0 Å². The Morgan fingerprint density at radius 3 is 2.96 bits per heavy atom. The topological polar surface area (TPSA) is 71.1 Å². The van der Waals surface area contributed by atoms with Crippen molar-refractivity contribution in [1.29, 1.82) is 0 Å². The molecule has 0 spiro atoms. The molecule has 0 aliphatic carbocycles. The van der Waals surface area contributed by atoms with Crippen LogP contribution in [0.3, 0.4) is 0 Å². The number of aromatic amines is 1. The number of nitrogens with one attached hydrogen (secondary N) is 1. The van der Waals surface area contributed by atoms with Crippen LogP contribution in [0.1, 0.15) is 22.8 Å². The van der Waals surface area contributed by atoms with Crippen LogP contribution in [0.25, 0.3) is 22.2 Å². The molecule has 142 valence electrons. The van der Waals surface area contributed by atoms with Crippen molar-refractivity contribution in [2.24, 2.45) is 0 Å². The van der Waals surface area contributed by atoms with E-state index in [2.05, 4.69) is 15.2 Å². The summed E-state index contributed by atoms with van der Waals surface area (Å²) in [5.41, 5.74) is 6.09. The number of fused-ring (bicyclic) bond motifs is 1. The Morgan fingerprint density at radius 2 is 2.18 bits per heavy atom. The number of ether oxygens (including phenoxy) is 1. The molecule has 0 aliphatic rings. The Morgan fingerprint density at radius 1 is 1.29 bits per heavy atom. The first-order chi connectivity index (χ1) is 13.7. The van der Waals surface area contributed by atoms with Crippen molar-refractivity contribution >= 4 is 28.1 Å². The molecule has 1 N–H and O–H groups in total. The van der Waals surface area contributed by atoms with E-state index in [1.807, 2.05) is 42.6 Å². The van der Waals surface area contributed by atoms with Crippen LogP contribution in [-0.4, -0.2) is 39.6 Å². The van der Waals surface area contributed by atoms with Gasteiger partial charge in [-0.2, -0.15) is 5.10 Å². The van der Waals surface area contributed by atoms with E-state index in [1.165, 1.54) is 11.3 Å². The molecule has 4 aromatic rings. The Bertz CT molecular complexity index is 1100. The van der Waals surface area contributed by atoms with E-state index < -0.39 is 0 Å². The van der Waals surface area contributed by atoms with Gasteiger partial charge in [0.15, 0.2) is 0 Å². The van der Waals surface area contributed by atoms with E-state index >= 15 is 0 Å². The third kappa shape index (κ3) is 3.48. The fourth-order valence-electron chi connectivity index (χ4n) is 3.20. The average Bonchev–Trinajstić information content (AvgIpc) is 3.40. The Labute approximate surface area is 166 Å². The number of aromatic nitrogens is 3. The van der Waals surface area contributed by atoms with Crippen LogP contribution in [0.4, 0.5) is 0 Å². The summed E-state index contributed by atoms with van der Waals surface area (Å²) < 4.78 is 5.78. The van der Waals surface area contributed by atoms with Crippen molar-refractivity contribution in [1.82, 2.24) is 20.1 Å². The lowest BCUT2D eigenvalue weighted by atomic mass is 10.1. The van der Waals surface area contributed by atoms with Gasteiger partial charge in [0, 0.05) is 35.5 Å². The molecule has 1 amide bonds. The number of carbonyl (C=O) groups is 1. The van der Waals surface area contributed by atoms with Crippen LogP contribution in [-0.2, 0) is 6.54 Å². The van der Waals surface area contributed by atoms with Crippen LogP contribution >= 0.6 is 11.3 Å². The summed E-state index contributed by atoms with van der Waals surface area (Å²) in [7, 11) is 1.80. The van der Waals surface area contributed by atoms with Crippen molar-refractivity contribution in [3.63, 3.8) is 0 Å². The van der Waals surface area contributed by atoms with Crippen molar-refractivity contribution in [3.8, 4) is 17.0 Å². The first-order valence-corrected chi connectivity index (χ1v) is 9.93. The van der Waals surface area contributed by atoms with Gasteiger partial charge in [-0.3, -0.25) is 9.89 Å². The minimum atomic E-state index is -0.0673. The Hall–Kier alpha value is -3.19. The van der Waals surface area contributed by atoms with Crippen LogP contribution in [0.2, 0.25) is 0 Å². The fraction of sp³-hybridized carbons (Fsp3) is 0.190. The van der Waals surface area contributed by atoms with Crippen molar-refractivity contribution in [3.05, 3.63) is 64.6 Å². The third-order valence-electron chi connectivity index (χ3n) is 4.55. The van der Waals surface area contributed by atoms with Gasteiger partial charge in [-0.25, -0.2) is 4.98 Å². The molecule has 7 heteroatoms. The van der Waals surface area contributed by atoms with Crippen LogP contribution in [0.5, 0.6) is 5.75 Å². The number of benzene rings is 2. The van der Waals surface area contributed by atoms with Gasteiger partial charge in [-0.05, 0) is 30.7 Å². The maximum Gasteiger partial charge on any atom is 0.254 e. The van der Waals surface area contributed by atoms with E-state index in [-0.39, 0.29) is 5.91 Å². The maximum absolute atomic E-state index is 13.0. The van der Waals surface area contributed by atoms with Gasteiger partial charge in [-0.15, -0.1) is 11.3 Å². The SMILES string of the molecule is CCOc1cc(C(=O)N(C)Cc2cccc3cn[nH]c23)ccc1-c1cscn1. The van der Waals surface area contributed by atoms with E-state index in [0.717, 1.165) is 27.7 Å². The highest BCUT2D eigenvalue weighted by molar-refractivity contribution is 7.07. The number of nitrogens with zero attached hydrogens (tertiary/aromatic N) is 3. The van der Waals surface area contributed by atoms with Gasteiger partial charge in [0.1, 0.15) is 5.75 Å². The third-order valence-corrected chi connectivity index (χ3v) is 5.14. The molecule has 0 atom stereocenters. The van der Waals surface area contributed by atoms with Gasteiger partial charge in [0.2, 0.25) is 0 Å². The summed E-state index contributed by atoms with van der Waals surface area (Å²) in [4.78, 5) is 19.1. The van der Waals surface area contributed by atoms with Crippen molar-refractivity contribution in [2.75, 3.05) is 13.7 Å². The molecule has 2 aromatic carbocycles. The van der Waals surface area contributed by atoms with Crippen LogP contribution in [0.15, 0.2) is 53.5 Å². The highest BCUT2D eigenvalue weighted by Crippen LogP contribution is 2.31. The van der Waals surface area contributed by atoms with E-state index in [0.29, 0.717) is 24.5 Å². The molecule has 0 aliphatic heterocycles. The molecule has 6 nitrogen and oxygen atoms in total. The summed E-state index contributed by atoms with van der Waals surface area (Å²) in [6.45, 7) is 2.93. The molecule has 2 aromatic heterocycles. The van der Waals surface area contributed by atoms with Crippen molar-refractivity contribution < 1.29 is 9.53 Å². The highest BCUT2D eigenvalue weighted by atomic mass is 32.1. The zero-order valence-corrected chi connectivity index (χ0v) is 16.5. The Kier molecular flexibility index (Phi) is 5.08. The number of hydrogen-bond acceptors (Lipinski definition) is 5. The molecule has 0 fully saturated rings. The largest absolute Gasteiger partial charge is 0.493 e. The van der Waals surface area contributed by atoms with E-state index in [1.54, 1.807) is 29.7 Å². The first-order valence-electron chi connectivity index (χ1n) is 8.99. The van der Waals surface area contributed by atoms with Crippen LogP contribution < -0.4 is 4.74 Å². The molecular weight excluding hydrogens is 372 g/mol. The number of rotatable bonds is 6. The molecule has 0 bridgehead atoms. The van der Waals surface area contributed by atoms with Gasteiger partial charge in [-0.1, -0.05) is 18.2 Å². The summed E-state index contributed by atoms with van der Waals surface area (Å²) in [5, 5.41) is 10.1. The van der Waals surface area contributed by atoms with Gasteiger partial charge in [0.05, 0.1) is 29.5 Å². The normalized spacial score (nSPS) is 10.9. The van der Waals surface area contributed by atoms with E-state index in [9.17, 15) is 4.79 Å². The summed E-state index contributed by atoms with van der Waals surface area (Å²) in [5.74, 6) is 0.602.